The van der Waals surface area contributed by atoms with Gasteiger partial charge in [0.15, 0.2) is 0 Å². The molecule has 0 radical (unpaired) electrons. The Bertz CT molecular complexity index is 339. The highest BCUT2D eigenvalue weighted by molar-refractivity contribution is 5.94. The molecule has 4 heteroatoms. The quantitative estimate of drug-likeness (QED) is 0.766. The lowest BCUT2D eigenvalue weighted by atomic mass is 10.2. The number of urea groups is 1. The molecule has 1 atom stereocenters. The summed E-state index contributed by atoms with van der Waals surface area (Å²) < 4.78 is 0. The number of nitrogens with one attached hydrogen (secondary N) is 2. The number of carbonyl (C=O) groups is 1. The van der Waals surface area contributed by atoms with Gasteiger partial charge in [0, 0.05) is 18.8 Å². The average Bonchev–Trinajstić information content (AvgIpc) is 2.61. The Hall–Kier alpha value is -1.55. The predicted molar refractivity (Wildman–Crippen MR) is 60.0 cm³/mol. The van der Waals surface area contributed by atoms with Crippen molar-refractivity contribution in [3.05, 3.63) is 30.3 Å². The standard InChI is InChI=1S/C11H15N3O/c1-12-7-9-8-14(11(15)13-9)10-5-3-2-4-6-10/h2-6,9,12H,7-8H2,1H3,(H,13,15). The Kier molecular flexibility index (Phi) is 2.87. The second kappa shape index (κ2) is 4.31. The number of nitrogens with zero attached hydrogens (tertiary/aromatic N) is 1. The molecule has 1 fully saturated rings. The molecule has 2 N–H and O–H groups in total. The first kappa shape index (κ1) is 9.98. The molecular formula is C11H15N3O. The molecule has 1 aromatic rings. The van der Waals surface area contributed by atoms with Crippen LogP contribution in [0.1, 0.15) is 0 Å². The summed E-state index contributed by atoms with van der Waals surface area (Å²) in [6.07, 6.45) is 0. The third-order valence-electron chi connectivity index (χ3n) is 2.49. The van der Waals surface area contributed by atoms with Crippen molar-refractivity contribution in [3.8, 4) is 0 Å². The van der Waals surface area contributed by atoms with Gasteiger partial charge in [-0.2, -0.15) is 0 Å². The fourth-order valence-electron chi connectivity index (χ4n) is 1.79. The summed E-state index contributed by atoms with van der Waals surface area (Å²) >= 11 is 0. The third kappa shape index (κ3) is 2.10. The number of hydrogen-bond donors (Lipinski definition) is 2. The van der Waals surface area contributed by atoms with Crippen molar-refractivity contribution in [3.63, 3.8) is 0 Å². The van der Waals surface area contributed by atoms with E-state index < -0.39 is 0 Å². The van der Waals surface area contributed by atoms with Gasteiger partial charge >= 0.3 is 6.03 Å². The molecule has 2 rings (SSSR count). The molecule has 0 aliphatic carbocycles. The van der Waals surface area contributed by atoms with Crippen LogP contribution in [0.3, 0.4) is 0 Å². The number of rotatable bonds is 3. The molecule has 15 heavy (non-hydrogen) atoms. The Morgan fingerprint density at radius 1 is 1.47 bits per heavy atom. The zero-order valence-electron chi connectivity index (χ0n) is 8.73. The molecular weight excluding hydrogens is 190 g/mol. The SMILES string of the molecule is CNCC1CN(c2ccccc2)C(=O)N1. The molecule has 2 amide bonds. The van der Waals surface area contributed by atoms with Crippen LogP contribution >= 0.6 is 0 Å². The molecule has 1 heterocycles. The summed E-state index contributed by atoms with van der Waals surface area (Å²) in [5.74, 6) is 0. The Labute approximate surface area is 89.3 Å². The number of amides is 2. The van der Waals surface area contributed by atoms with Crippen molar-refractivity contribution in [1.29, 1.82) is 0 Å². The van der Waals surface area contributed by atoms with Crippen LogP contribution in [0.5, 0.6) is 0 Å². The van der Waals surface area contributed by atoms with Crippen molar-refractivity contribution in [2.24, 2.45) is 0 Å². The Morgan fingerprint density at radius 3 is 2.87 bits per heavy atom. The fourth-order valence-corrected chi connectivity index (χ4v) is 1.79. The van der Waals surface area contributed by atoms with E-state index in [1.165, 1.54) is 0 Å². The molecule has 0 bridgehead atoms. The molecule has 0 saturated carbocycles. The Morgan fingerprint density at radius 2 is 2.20 bits per heavy atom. The topological polar surface area (TPSA) is 44.4 Å². The van der Waals surface area contributed by atoms with E-state index in [1.54, 1.807) is 4.90 Å². The average molecular weight is 205 g/mol. The second-order valence-corrected chi connectivity index (χ2v) is 3.65. The van der Waals surface area contributed by atoms with Crippen molar-refractivity contribution < 1.29 is 4.79 Å². The van der Waals surface area contributed by atoms with E-state index in [4.69, 9.17) is 0 Å². The molecule has 1 saturated heterocycles. The van der Waals surface area contributed by atoms with Crippen LogP contribution in [0.2, 0.25) is 0 Å². The molecule has 0 spiro atoms. The number of benzene rings is 1. The van der Waals surface area contributed by atoms with Gasteiger partial charge in [0.2, 0.25) is 0 Å². The van der Waals surface area contributed by atoms with Crippen molar-refractivity contribution in [1.82, 2.24) is 10.6 Å². The van der Waals surface area contributed by atoms with Crippen LogP contribution in [0.4, 0.5) is 10.5 Å². The van der Waals surface area contributed by atoms with Crippen molar-refractivity contribution >= 4 is 11.7 Å². The van der Waals surface area contributed by atoms with E-state index in [2.05, 4.69) is 10.6 Å². The van der Waals surface area contributed by atoms with Gasteiger partial charge in [-0.3, -0.25) is 4.90 Å². The van der Waals surface area contributed by atoms with Gasteiger partial charge in [0.05, 0.1) is 6.04 Å². The summed E-state index contributed by atoms with van der Waals surface area (Å²) in [4.78, 5) is 13.4. The zero-order valence-corrected chi connectivity index (χ0v) is 8.73. The third-order valence-corrected chi connectivity index (χ3v) is 2.49. The van der Waals surface area contributed by atoms with E-state index in [0.717, 1.165) is 18.8 Å². The molecule has 80 valence electrons. The van der Waals surface area contributed by atoms with Gasteiger partial charge < -0.3 is 10.6 Å². The maximum Gasteiger partial charge on any atom is 0.322 e. The van der Waals surface area contributed by atoms with Crippen molar-refractivity contribution in [2.45, 2.75) is 6.04 Å². The lowest BCUT2D eigenvalue weighted by molar-refractivity contribution is 0.251. The maximum absolute atomic E-state index is 11.6. The predicted octanol–water partition coefficient (Wildman–Crippen LogP) is 0.804. The highest BCUT2D eigenvalue weighted by Crippen LogP contribution is 2.17. The number of likely N-dealkylation sites (N-methyl/N-ethyl adjacent to an activating group) is 1. The zero-order chi connectivity index (χ0) is 10.7. The normalized spacial score (nSPS) is 20.5. The van der Waals surface area contributed by atoms with Crippen LogP contribution in [-0.2, 0) is 0 Å². The van der Waals surface area contributed by atoms with E-state index in [-0.39, 0.29) is 12.1 Å². The lowest BCUT2D eigenvalue weighted by Gasteiger charge is -2.14. The Balaban J connectivity index is 2.09. The minimum absolute atomic E-state index is 0.0125. The van der Waals surface area contributed by atoms with Crippen LogP contribution in [0, 0.1) is 0 Å². The van der Waals surface area contributed by atoms with Crippen LogP contribution < -0.4 is 15.5 Å². The summed E-state index contributed by atoms with van der Waals surface area (Å²) in [6, 6.07) is 9.90. The van der Waals surface area contributed by atoms with E-state index in [1.807, 2.05) is 37.4 Å². The van der Waals surface area contributed by atoms with Gasteiger partial charge in [-0.1, -0.05) is 18.2 Å². The van der Waals surface area contributed by atoms with Gasteiger partial charge in [-0.25, -0.2) is 4.79 Å². The first-order valence-electron chi connectivity index (χ1n) is 5.09. The number of carbonyl (C=O) groups excluding carboxylic acids is 1. The molecule has 0 aromatic heterocycles. The summed E-state index contributed by atoms with van der Waals surface area (Å²) in [7, 11) is 1.89. The van der Waals surface area contributed by atoms with Gasteiger partial charge in [0.25, 0.3) is 0 Å². The van der Waals surface area contributed by atoms with Crippen LogP contribution in [-0.4, -0.2) is 32.2 Å². The summed E-state index contributed by atoms with van der Waals surface area (Å²) in [5.41, 5.74) is 0.952. The summed E-state index contributed by atoms with van der Waals surface area (Å²) in [6.45, 7) is 1.53. The van der Waals surface area contributed by atoms with Crippen LogP contribution in [0.15, 0.2) is 30.3 Å². The van der Waals surface area contributed by atoms with E-state index in [0.29, 0.717) is 0 Å². The number of hydrogen-bond acceptors (Lipinski definition) is 2. The largest absolute Gasteiger partial charge is 0.332 e. The van der Waals surface area contributed by atoms with E-state index >= 15 is 0 Å². The summed E-state index contributed by atoms with van der Waals surface area (Å²) in [5, 5.41) is 5.99. The highest BCUT2D eigenvalue weighted by atomic mass is 16.2. The monoisotopic (exact) mass is 205 g/mol. The lowest BCUT2D eigenvalue weighted by Crippen LogP contribution is -2.35. The molecule has 1 aliphatic heterocycles. The minimum atomic E-state index is -0.0125. The van der Waals surface area contributed by atoms with Gasteiger partial charge in [-0.15, -0.1) is 0 Å². The maximum atomic E-state index is 11.6. The minimum Gasteiger partial charge on any atom is -0.332 e. The highest BCUT2D eigenvalue weighted by Gasteiger charge is 2.28. The second-order valence-electron chi connectivity index (χ2n) is 3.65. The van der Waals surface area contributed by atoms with Crippen LogP contribution in [0.25, 0.3) is 0 Å². The van der Waals surface area contributed by atoms with Gasteiger partial charge in [0.1, 0.15) is 0 Å². The smallest absolute Gasteiger partial charge is 0.322 e. The fraction of sp³-hybridized carbons (Fsp3) is 0.364. The first-order chi connectivity index (χ1) is 7.31. The van der Waals surface area contributed by atoms with Crippen molar-refractivity contribution in [2.75, 3.05) is 25.0 Å². The van der Waals surface area contributed by atoms with E-state index in [9.17, 15) is 4.79 Å². The molecule has 1 unspecified atom stereocenters. The number of para-hydroxylation sites is 1. The van der Waals surface area contributed by atoms with Gasteiger partial charge in [-0.05, 0) is 19.2 Å². The molecule has 1 aliphatic rings. The number of anilines is 1. The molecule has 1 aromatic carbocycles. The molecule has 4 nitrogen and oxygen atoms in total. The first-order valence-corrected chi connectivity index (χ1v) is 5.09.